The zero-order valence-electron chi connectivity index (χ0n) is 18.9. The lowest BCUT2D eigenvalue weighted by atomic mass is 10.1. The fourth-order valence-electron chi connectivity index (χ4n) is 3.39. The van der Waals surface area contributed by atoms with Gasteiger partial charge in [-0.3, -0.25) is 14.6 Å². The van der Waals surface area contributed by atoms with E-state index in [1.54, 1.807) is 24.5 Å². The van der Waals surface area contributed by atoms with Gasteiger partial charge in [-0.2, -0.15) is 0 Å². The first-order valence-electron chi connectivity index (χ1n) is 10.4. The van der Waals surface area contributed by atoms with Gasteiger partial charge >= 0.3 is 12.0 Å². The van der Waals surface area contributed by atoms with Gasteiger partial charge in [-0.25, -0.2) is 9.59 Å². The molecule has 2 rings (SSSR count). The summed E-state index contributed by atoms with van der Waals surface area (Å²) in [5.41, 5.74) is 0.733. The van der Waals surface area contributed by atoms with Crippen LogP contribution in [-0.2, 0) is 30.3 Å². The number of aromatic nitrogens is 1. The van der Waals surface area contributed by atoms with E-state index in [0.717, 1.165) is 5.56 Å². The number of rotatable bonds is 8. The zero-order chi connectivity index (χ0) is 23.7. The van der Waals surface area contributed by atoms with Gasteiger partial charge < -0.3 is 29.9 Å². The lowest BCUT2D eigenvalue weighted by Crippen LogP contribution is -2.64. The third-order valence-corrected chi connectivity index (χ3v) is 4.94. The summed E-state index contributed by atoms with van der Waals surface area (Å²) < 4.78 is 9.77. The number of esters is 1. The molecule has 2 N–H and O–H groups in total. The molecule has 0 unspecified atom stereocenters. The Morgan fingerprint density at radius 1 is 1.19 bits per heavy atom. The minimum Gasteiger partial charge on any atom is -0.467 e. The zero-order valence-corrected chi connectivity index (χ0v) is 18.9. The van der Waals surface area contributed by atoms with Crippen LogP contribution in [-0.4, -0.2) is 97.2 Å². The average Bonchev–Trinajstić information content (AvgIpc) is 2.78. The number of piperazine rings is 1. The van der Waals surface area contributed by atoms with E-state index in [2.05, 4.69) is 15.6 Å². The van der Waals surface area contributed by atoms with Crippen molar-refractivity contribution in [3.8, 4) is 0 Å². The molecule has 2 atom stereocenters. The van der Waals surface area contributed by atoms with Crippen molar-refractivity contribution in [3.63, 3.8) is 0 Å². The maximum Gasteiger partial charge on any atom is 0.328 e. The molecule has 1 aliphatic heterocycles. The number of pyridine rings is 1. The molecular formula is C21H31N5O6. The molecule has 1 aromatic heterocycles. The highest BCUT2D eigenvalue weighted by atomic mass is 16.5. The monoisotopic (exact) mass is 449 g/mol. The molecule has 4 amide bonds. The van der Waals surface area contributed by atoms with Crippen LogP contribution in [0.1, 0.15) is 19.4 Å². The fourth-order valence-corrected chi connectivity index (χ4v) is 3.39. The van der Waals surface area contributed by atoms with Gasteiger partial charge in [0.05, 0.1) is 13.7 Å². The number of methoxy groups -OCH3 is 2. The number of hydrogen-bond acceptors (Lipinski definition) is 7. The molecule has 1 fully saturated rings. The highest BCUT2D eigenvalue weighted by molar-refractivity contribution is 5.92. The molecule has 11 nitrogen and oxygen atoms in total. The van der Waals surface area contributed by atoms with Crippen molar-refractivity contribution in [2.75, 3.05) is 40.5 Å². The number of amides is 4. The van der Waals surface area contributed by atoms with Gasteiger partial charge in [-0.1, -0.05) is 6.07 Å². The third-order valence-electron chi connectivity index (χ3n) is 4.94. The number of urea groups is 1. The van der Waals surface area contributed by atoms with Crippen molar-refractivity contribution in [2.24, 2.45) is 0 Å². The molecule has 176 valence electrons. The highest BCUT2D eigenvalue weighted by Crippen LogP contribution is 2.13. The Labute approximate surface area is 187 Å². The van der Waals surface area contributed by atoms with Gasteiger partial charge in [0.2, 0.25) is 11.8 Å². The van der Waals surface area contributed by atoms with Crippen LogP contribution in [0.3, 0.4) is 0 Å². The molecule has 0 aromatic carbocycles. The molecule has 11 heteroatoms. The Kier molecular flexibility index (Phi) is 9.39. The number of nitrogens with zero attached hydrogens (tertiary/aromatic N) is 3. The van der Waals surface area contributed by atoms with Crippen LogP contribution in [0.5, 0.6) is 0 Å². The molecule has 1 aromatic rings. The summed E-state index contributed by atoms with van der Waals surface area (Å²) in [6.07, 6.45) is 3.37. The van der Waals surface area contributed by atoms with E-state index in [1.165, 1.54) is 24.0 Å². The smallest absolute Gasteiger partial charge is 0.328 e. The molecule has 0 spiro atoms. The van der Waals surface area contributed by atoms with Crippen molar-refractivity contribution in [3.05, 3.63) is 30.1 Å². The molecule has 1 aliphatic rings. The van der Waals surface area contributed by atoms with E-state index < -0.39 is 24.0 Å². The van der Waals surface area contributed by atoms with E-state index in [1.807, 2.05) is 13.8 Å². The van der Waals surface area contributed by atoms with Gasteiger partial charge in [0.25, 0.3) is 0 Å². The third kappa shape index (κ3) is 6.91. The van der Waals surface area contributed by atoms with Crippen LogP contribution in [0.4, 0.5) is 4.79 Å². The number of carbonyl (C=O) groups is 4. The van der Waals surface area contributed by atoms with Crippen LogP contribution < -0.4 is 10.6 Å². The predicted molar refractivity (Wildman–Crippen MR) is 115 cm³/mol. The average molecular weight is 450 g/mol. The quantitative estimate of drug-likeness (QED) is 0.515. The minimum absolute atomic E-state index is 0.0133. The van der Waals surface area contributed by atoms with E-state index in [9.17, 15) is 19.2 Å². The molecule has 0 bridgehead atoms. The fraction of sp³-hybridized carbons (Fsp3) is 0.571. The summed E-state index contributed by atoms with van der Waals surface area (Å²) >= 11 is 0. The number of carbonyl (C=O) groups excluding carboxylic acids is 4. The summed E-state index contributed by atoms with van der Waals surface area (Å²) in [5.74, 6) is -1.56. The molecular weight excluding hydrogens is 418 g/mol. The minimum atomic E-state index is -0.981. The standard InChI is InChI=1S/C21H31N5O6/c1-14(2)23-21(30)25-8-9-26(18(27)13-31-3)17(12-25)19(28)24-16(20(29)32-4)10-15-6-5-7-22-11-15/h5-7,11,14,16-17H,8-10,12-13H2,1-4H3,(H,23,30)(H,24,28)/t16-,17+/m1/s1. The second-order valence-electron chi connectivity index (χ2n) is 7.74. The second-order valence-corrected chi connectivity index (χ2v) is 7.74. The normalized spacial score (nSPS) is 17.0. The lowest BCUT2D eigenvalue weighted by Gasteiger charge is -2.41. The summed E-state index contributed by atoms with van der Waals surface area (Å²) in [6, 6.07) is 1.15. The second kappa shape index (κ2) is 12.0. The molecule has 2 heterocycles. The van der Waals surface area contributed by atoms with Crippen LogP contribution in [0.25, 0.3) is 0 Å². The number of ether oxygens (including phenoxy) is 2. The maximum atomic E-state index is 13.2. The van der Waals surface area contributed by atoms with E-state index >= 15 is 0 Å². The molecule has 32 heavy (non-hydrogen) atoms. The van der Waals surface area contributed by atoms with Gasteiger partial charge in [-0.05, 0) is 25.5 Å². The first-order valence-corrected chi connectivity index (χ1v) is 10.4. The maximum absolute atomic E-state index is 13.2. The summed E-state index contributed by atoms with van der Waals surface area (Å²) in [5, 5.41) is 5.47. The van der Waals surface area contributed by atoms with Crippen molar-refractivity contribution in [2.45, 2.75) is 38.4 Å². The molecule has 0 radical (unpaired) electrons. The Balaban J connectivity index is 2.20. The summed E-state index contributed by atoms with van der Waals surface area (Å²) in [6.45, 7) is 3.89. The Hall–Kier alpha value is -3.21. The Morgan fingerprint density at radius 2 is 1.94 bits per heavy atom. The van der Waals surface area contributed by atoms with Crippen LogP contribution in [0.2, 0.25) is 0 Å². The van der Waals surface area contributed by atoms with Crippen LogP contribution >= 0.6 is 0 Å². The van der Waals surface area contributed by atoms with Crippen LogP contribution in [0, 0.1) is 0 Å². The number of hydrogen-bond donors (Lipinski definition) is 2. The highest BCUT2D eigenvalue weighted by Gasteiger charge is 2.38. The molecule has 0 saturated carbocycles. The van der Waals surface area contributed by atoms with Crippen LogP contribution in [0.15, 0.2) is 24.5 Å². The number of nitrogens with one attached hydrogen (secondary N) is 2. The van der Waals surface area contributed by atoms with Gasteiger partial charge in [0, 0.05) is 45.1 Å². The predicted octanol–water partition coefficient (Wildman–Crippen LogP) is -0.441. The first-order chi connectivity index (χ1) is 15.3. The van der Waals surface area contributed by atoms with E-state index in [4.69, 9.17) is 9.47 Å². The lowest BCUT2D eigenvalue weighted by molar-refractivity contribution is -0.149. The van der Waals surface area contributed by atoms with Gasteiger partial charge in [0.15, 0.2) is 0 Å². The molecule has 0 aliphatic carbocycles. The Bertz CT molecular complexity index is 803. The van der Waals surface area contributed by atoms with Gasteiger partial charge in [-0.15, -0.1) is 0 Å². The van der Waals surface area contributed by atoms with Gasteiger partial charge in [0.1, 0.15) is 18.7 Å². The topological polar surface area (TPSA) is 130 Å². The summed E-state index contributed by atoms with van der Waals surface area (Å²) in [7, 11) is 2.62. The summed E-state index contributed by atoms with van der Waals surface area (Å²) in [4.78, 5) is 57.4. The van der Waals surface area contributed by atoms with Crippen molar-refractivity contribution in [1.29, 1.82) is 0 Å². The molecule has 1 saturated heterocycles. The van der Waals surface area contributed by atoms with E-state index in [-0.39, 0.29) is 50.6 Å². The van der Waals surface area contributed by atoms with Crippen molar-refractivity contribution < 1.29 is 28.7 Å². The largest absolute Gasteiger partial charge is 0.467 e. The SMILES string of the molecule is COCC(=O)N1CCN(C(=O)NC(C)C)C[C@H]1C(=O)N[C@H](Cc1cccnc1)C(=O)OC. The van der Waals surface area contributed by atoms with E-state index in [0.29, 0.717) is 0 Å². The van der Waals surface area contributed by atoms with Crippen molar-refractivity contribution >= 4 is 23.8 Å². The Morgan fingerprint density at radius 3 is 2.53 bits per heavy atom. The van der Waals surface area contributed by atoms with Crippen molar-refractivity contribution in [1.82, 2.24) is 25.4 Å². The first kappa shape index (κ1) is 25.1.